The number of benzene rings is 11. The average molecular weight is 2120 g/mol. The first-order valence-electron chi connectivity index (χ1n) is 41.9. The van der Waals surface area contributed by atoms with Crippen LogP contribution in [-0.4, -0.2) is 102 Å². The zero-order valence-electron chi connectivity index (χ0n) is 77.5. The van der Waals surface area contributed by atoms with Crippen molar-refractivity contribution in [2.45, 2.75) is 130 Å². The molecule has 1 aliphatic heterocycles. The Hall–Kier alpha value is -14.1. The highest BCUT2D eigenvalue weighted by Crippen LogP contribution is 2.44. The number of alkyl halides is 12. The van der Waals surface area contributed by atoms with Crippen molar-refractivity contribution < 1.29 is 125 Å². The molecule has 1 heterocycles. The van der Waals surface area contributed by atoms with E-state index in [1.165, 1.54) is 41.3 Å². The fourth-order valence-corrected chi connectivity index (χ4v) is 13.6. The van der Waals surface area contributed by atoms with Gasteiger partial charge in [-0.15, -0.1) is 0 Å². The number of ether oxygens (including phenoxy) is 4. The van der Waals surface area contributed by atoms with E-state index in [2.05, 4.69) is 36.6 Å². The van der Waals surface area contributed by atoms with Gasteiger partial charge < -0.3 is 93.0 Å². The number of carbonyl (C=O) groups excluding carboxylic acids is 7. The molecule has 0 atom stereocenters. The van der Waals surface area contributed by atoms with Gasteiger partial charge in [-0.1, -0.05) is 118 Å². The van der Waals surface area contributed by atoms with Crippen LogP contribution in [0.2, 0.25) is 30.1 Å². The molecule has 0 bridgehead atoms. The van der Waals surface area contributed by atoms with Crippen LogP contribution in [-0.2, 0) is 69.8 Å². The van der Waals surface area contributed by atoms with E-state index in [0.717, 1.165) is 101 Å². The molecule has 143 heavy (non-hydrogen) atoms. The van der Waals surface area contributed by atoms with Gasteiger partial charge >= 0.3 is 66.9 Å². The van der Waals surface area contributed by atoms with Crippen molar-refractivity contribution in [3.63, 3.8) is 0 Å². The van der Waals surface area contributed by atoms with Crippen molar-refractivity contribution >= 4 is 192 Å². The lowest BCUT2D eigenvalue weighted by atomic mass is 10.1. The zero-order valence-corrected chi connectivity index (χ0v) is 82.1. The Morgan fingerprint density at radius 3 is 0.916 bits per heavy atom. The van der Waals surface area contributed by atoms with E-state index in [4.69, 9.17) is 101 Å². The molecule has 45 heteroatoms. The van der Waals surface area contributed by atoms with Crippen LogP contribution in [0.4, 0.5) is 135 Å². The summed E-state index contributed by atoms with van der Waals surface area (Å²) in [5.74, 6) is -6.26. The number of halogens is 18. The van der Waals surface area contributed by atoms with Crippen molar-refractivity contribution in [3.8, 4) is 0 Å². The first-order valence-corrected chi connectivity index (χ1v) is 44.2. The Bertz CT molecular complexity index is 6490. The second-order valence-corrected chi connectivity index (χ2v) is 36.4. The van der Waals surface area contributed by atoms with Gasteiger partial charge in [0.25, 0.3) is 11.8 Å². The van der Waals surface area contributed by atoms with Crippen LogP contribution < -0.4 is 63.8 Å². The maximum Gasteiger partial charge on any atom is 0.416 e. The molecule has 11 aromatic carbocycles. The number of hydrogen-bond donors (Lipinski definition) is 11. The average Bonchev–Trinajstić information content (AvgIpc) is 1.25. The van der Waals surface area contributed by atoms with Crippen molar-refractivity contribution in [2.75, 3.05) is 63.3 Å². The normalized spacial score (nSPS) is 11.8. The largest absolute Gasteiger partial charge is 0.478 e. The number of amides is 5. The number of carboxylic acid groups (broad SMARTS) is 2. The molecule has 0 spiro atoms. The Balaban J connectivity index is 0.000000226. The Morgan fingerprint density at radius 2 is 0.622 bits per heavy atom. The summed E-state index contributed by atoms with van der Waals surface area (Å²) in [7, 11) is 4.90. The molecule has 0 unspecified atom stereocenters. The number of anilines is 12. The molecule has 5 amide bonds. The first-order chi connectivity index (χ1) is 66.3. The number of alkyl carbamates (subject to hydrolysis) is 3. The van der Waals surface area contributed by atoms with Crippen molar-refractivity contribution in [2.24, 2.45) is 5.73 Å². The molecule has 0 aliphatic carbocycles. The van der Waals surface area contributed by atoms with Crippen LogP contribution in [0.1, 0.15) is 169 Å². The minimum absolute atomic E-state index is 0.000457. The van der Waals surface area contributed by atoms with E-state index in [0.29, 0.717) is 41.5 Å². The summed E-state index contributed by atoms with van der Waals surface area (Å²) in [4.78, 5) is 111. The maximum atomic E-state index is 13.5. The molecule has 760 valence electrons. The van der Waals surface area contributed by atoms with Crippen molar-refractivity contribution in [3.05, 3.63) is 314 Å². The molecule has 0 radical (unpaired) electrons. The summed E-state index contributed by atoms with van der Waals surface area (Å²) < 4.78 is 177. The third-order valence-electron chi connectivity index (χ3n) is 19.7. The summed E-state index contributed by atoms with van der Waals surface area (Å²) in [5.41, 5.74) is 17.1. The molecular formula is C98H92Cl6F12N12O15. The van der Waals surface area contributed by atoms with E-state index < -0.39 is 129 Å². The number of carbonyl (C=O) groups is 9. The van der Waals surface area contributed by atoms with Gasteiger partial charge in [0, 0.05) is 70.1 Å². The zero-order chi connectivity index (χ0) is 107. The summed E-state index contributed by atoms with van der Waals surface area (Å²) >= 11 is 35.0. The third-order valence-corrected chi connectivity index (χ3v) is 21.8. The Morgan fingerprint density at radius 1 is 0.350 bits per heavy atom. The van der Waals surface area contributed by atoms with Gasteiger partial charge in [0.1, 0.15) is 16.8 Å². The van der Waals surface area contributed by atoms with Crippen LogP contribution in [0.5, 0.6) is 0 Å². The number of rotatable bonds is 21. The molecule has 11 aromatic rings. The number of aromatic carboxylic acids is 2. The summed E-state index contributed by atoms with van der Waals surface area (Å²) in [6, 6.07) is 46.8. The number of esters is 2. The predicted octanol–water partition coefficient (Wildman–Crippen LogP) is 26.4. The molecule has 12 rings (SSSR count). The van der Waals surface area contributed by atoms with E-state index in [1.54, 1.807) is 178 Å². The fraction of sp³-hybridized carbons (Fsp3) is 0.235. The number of nitrogens with two attached hydrogens (primary N) is 3. The highest BCUT2D eigenvalue weighted by Gasteiger charge is 2.37. The van der Waals surface area contributed by atoms with Crippen LogP contribution in [0, 0.1) is 0 Å². The number of hydrogen-bond acceptors (Lipinski definition) is 20. The van der Waals surface area contributed by atoms with Crippen LogP contribution in [0.25, 0.3) is 0 Å². The van der Waals surface area contributed by atoms with E-state index in [1.807, 2.05) is 12.1 Å². The van der Waals surface area contributed by atoms with Gasteiger partial charge in [0.15, 0.2) is 0 Å². The smallest absolute Gasteiger partial charge is 0.416 e. The summed E-state index contributed by atoms with van der Waals surface area (Å²) in [5, 5.41) is 34.7. The van der Waals surface area contributed by atoms with Gasteiger partial charge in [-0.3, -0.25) is 9.59 Å². The molecule has 0 aromatic heterocycles. The third kappa shape index (κ3) is 33.5. The van der Waals surface area contributed by atoms with Gasteiger partial charge in [-0.2, -0.15) is 52.7 Å². The minimum atomic E-state index is -4.71. The minimum Gasteiger partial charge on any atom is -0.478 e. The van der Waals surface area contributed by atoms with Gasteiger partial charge in [0.2, 0.25) is 0 Å². The fourth-order valence-electron chi connectivity index (χ4n) is 12.7. The highest BCUT2D eigenvalue weighted by atomic mass is 35.5. The van der Waals surface area contributed by atoms with Crippen LogP contribution in [0.15, 0.2) is 206 Å². The van der Waals surface area contributed by atoms with Crippen molar-refractivity contribution in [1.29, 1.82) is 0 Å². The van der Waals surface area contributed by atoms with Crippen molar-refractivity contribution in [1.82, 2.24) is 16.0 Å². The second kappa shape index (κ2) is 47.7. The molecule has 0 fully saturated rings. The molecule has 27 nitrogen and oxygen atoms in total. The number of fused-ring (bicyclic) bond motifs is 1. The van der Waals surface area contributed by atoms with Crippen LogP contribution in [0.3, 0.4) is 0 Å². The number of nitrogen functional groups attached to an aromatic ring is 2. The SMILES string of the molecule is CC(C)(C)OC(=O)NCc1ccc(Nc2ccc(C(F)(F)F)cc2N)cc1.CN(c1ccc(CN)cc1)c1ccc(C(F)(F)F)cc1NC(=O)c1cc(Cl)c(Cl)cc1C(=O)O.CN(c1ccc(CNC(=O)OC(C)(C)C)cc1)c1ccc(C(F)(F)F)cc1N.CN(c1ccc(CNC(=O)OC(C)(C)C)cc1)c1ccc(C(F)(F)F)cc1NC(=O)c1cc(Cl)c(Cl)cc1C(=O)O.O=C1OC(=O)c2cc(Cl)c(Cl)cc21. The number of nitrogens with zero attached hydrogens (tertiary/aromatic N) is 3. The summed E-state index contributed by atoms with van der Waals surface area (Å²) in [6.07, 6.45) is -19.9. The van der Waals surface area contributed by atoms with Gasteiger partial charge in [-0.05, 0) is 242 Å². The molecule has 1 aliphatic rings. The quantitative estimate of drug-likeness (QED) is 0.0105. The molecule has 0 saturated carbocycles. The van der Waals surface area contributed by atoms with E-state index >= 15 is 0 Å². The first kappa shape index (κ1) is 114. The lowest BCUT2D eigenvalue weighted by Crippen LogP contribution is -2.32. The standard InChI is InChI=1S/C28H26Cl2F3N3O5.C23H18Cl2F3N3O3.C20H24F3N3O2.C19H22F3N3O2.C8H2Cl2O3/c1-27(2,3)41-26(40)34-14-15-5-8-17(9-6-15)36(4)23-10-7-16(28(31,32)33)11-22(23)35-24(37)18-12-20(29)21(30)13-19(18)25(38)39;1-31(14-5-2-12(11-29)3-6-14)20-7-4-13(23(26,27)28)8-19(20)30-21(32)15-9-17(24)18(25)10-16(15)22(33)34;1-19(2,3)28-18(27)25-12-13-5-8-15(9-6-13)26(4)17-10-7-14(11-16(17)24)20(21,22)23;1-18(2,3)27-17(26)24-11-12-4-7-14(8-5-12)25-16-9-6-13(10-15(16)23)19(20,21)22;9-5-1-3-4(2-6(5)10)8(12)13-7(3)11/h5-13H,14H2,1-4H3,(H,34,40)(H,35,37)(H,38,39);2-10H,11,29H2,1H3,(H,30,32)(H,33,34);5-11H,12,24H2,1-4H3,(H,25,27);4-10,25H,11,23H2,1-3H3,(H,24,26);1-2H. The Kier molecular flexibility index (Phi) is 38.1. The van der Waals surface area contributed by atoms with Gasteiger partial charge in [0.05, 0.1) is 131 Å². The van der Waals surface area contributed by atoms with Gasteiger partial charge in [-0.25, -0.2) is 33.6 Å². The van der Waals surface area contributed by atoms with Crippen LogP contribution >= 0.6 is 69.6 Å². The molecule has 14 N–H and O–H groups in total. The highest BCUT2D eigenvalue weighted by molar-refractivity contribution is 6.44. The topological polar surface area (TPSA) is 391 Å². The van der Waals surface area contributed by atoms with E-state index in [-0.39, 0.29) is 99.6 Å². The molecule has 0 saturated heterocycles. The lowest BCUT2D eigenvalue weighted by molar-refractivity contribution is -0.138. The second-order valence-electron chi connectivity index (χ2n) is 33.9. The number of nitrogens with one attached hydrogen (secondary N) is 6. The van der Waals surface area contributed by atoms with E-state index in [9.17, 15) is 106 Å². The number of carboxylic acids is 2. The summed E-state index contributed by atoms with van der Waals surface area (Å²) in [6.45, 7) is 17.0. The lowest BCUT2D eigenvalue weighted by Gasteiger charge is -2.24. The monoisotopic (exact) mass is 2110 g/mol. The maximum absolute atomic E-state index is 13.5. The number of cyclic esters (lactones) is 2. The Labute approximate surface area is 841 Å². The predicted molar refractivity (Wildman–Crippen MR) is 524 cm³/mol. The molecular weight excluding hydrogens is 2030 g/mol.